The van der Waals surface area contributed by atoms with Crippen molar-refractivity contribution < 1.29 is 18.0 Å². The second-order valence-electron chi connectivity index (χ2n) is 2.59. The summed E-state index contributed by atoms with van der Waals surface area (Å²) >= 11 is 0. The van der Waals surface area contributed by atoms with Crippen molar-refractivity contribution in [1.29, 1.82) is 0 Å². The van der Waals surface area contributed by atoms with Gasteiger partial charge in [0.2, 0.25) is 0 Å². The molecule has 1 nitrogen and oxygen atoms in total. The van der Waals surface area contributed by atoms with Crippen molar-refractivity contribution in [2.45, 2.75) is 6.42 Å². The van der Waals surface area contributed by atoms with Gasteiger partial charge in [-0.15, -0.1) is 0 Å². The van der Waals surface area contributed by atoms with Crippen LogP contribution in [0.25, 0.3) is 6.08 Å². The molecule has 0 aliphatic rings. The normalized spacial score (nSPS) is 10.8. The third-order valence-corrected chi connectivity index (χ3v) is 1.57. The highest BCUT2D eigenvalue weighted by Gasteiger charge is 2.06. The zero-order chi connectivity index (χ0) is 10.6. The van der Waals surface area contributed by atoms with Gasteiger partial charge in [0.25, 0.3) is 0 Å². The maximum atomic E-state index is 12.9. The van der Waals surface area contributed by atoms with Gasteiger partial charge in [-0.2, -0.15) is 0 Å². The van der Waals surface area contributed by atoms with Crippen LogP contribution < -0.4 is 0 Å². The number of hydrogen-bond acceptors (Lipinski definition) is 1. The topological polar surface area (TPSA) is 17.1 Å². The van der Waals surface area contributed by atoms with Crippen molar-refractivity contribution in [1.82, 2.24) is 0 Å². The molecule has 0 fully saturated rings. The first kappa shape index (κ1) is 10.5. The van der Waals surface area contributed by atoms with Crippen molar-refractivity contribution in [2.24, 2.45) is 0 Å². The molecule has 1 rings (SSSR count). The molecular weight excluding hydrogens is 193 g/mol. The zero-order valence-corrected chi connectivity index (χ0v) is 7.14. The van der Waals surface area contributed by atoms with Crippen LogP contribution in [0.15, 0.2) is 18.2 Å². The van der Waals surface area contributed by atoms with Crippen molar-refractivity contribution in [3.05, 3.63) is 41.2 Å². The third kappa shape index (κ3) is 2.45. The largest absolute Gasteiger partial charge is 0.303 e. The summed E-state index contributed by atoms with van der Waals surface area (Å²) in [5.41, 5.74) is -0.0780. The molecule has 0 saturated carbocycles. The van der Waals surface area contributed by atoms with Crippen LogP contribution in [0, 0.1) is 17.5 Å². The predicted octanol–water partition coefficient (Wildman–Crippen LogP) is 2.71. The summed E-state index contributed by atoms with van der Waals surface area (Å²) in [7, 11) is 0. The molecule has 0 aliphatic carbocycles. The Balaban J connectivity index is 2.97. The van der Waals surface area contributed by atoms with Crippen molar-refractivity contribution in [3.63, 3.8) is 0 Å². The molecule has 0 spiro atoms. The highest BCUT2D eigenvalue weighted by molar-refractivity contribution is 5.58. The maximum Gasteiger partial charge on any atom is 0.161 e. The summed E-state index contributed by atoms with van der Waals surface area (Å²) in [5, 5.41) is 0. The van der Waals surface area contributed by atoms with E-state index in [1.54, 1.807) is 0 Å². The van der Waals surface area contributed by atoms with Crippen LogP contribution >= 0.6 is 0 Å². The second-order valence-corrected chi connectivity index (χ2v) is 2.59. The highest BCUT2D eigenvalue weighted by atomic mass is 19.2. The van der Waals surface area contributed by atoms with Gasteiger partial charge in [0.1, 0.15) is 12.1 Å². The fourth-order valence-corrected chi connectivity index (χ4v) is 0.916. The number of carbonyl (C=O) groups excluding carboxylic acids is 1. The number of halogens is 3. The van der Waals surface area contributed by atoms with Crippen LogP contribution in [0.1, 0.15) is 12.0 Å². The first-order valence-corrected chi connectivity index (χ1v) is 3.90. The van der Waals surface area contributed by atoms with E-state index in [1.165, 1.54) is 12.2 Å². The minimum absolute atomic E-state index is 0.0780. The second kappa shape index (κ2) is 4.60. The molecule has 0 aromatic heterocycles. The van der Waals surface area contributed by atoms with Gasteiger partial charge < -0.3 is 4.79 Å². The van der Waals surface area contributed by atoms with Gasteiger partial charge in [0.05, 0.1) is 0 Å². The molecule has 0 radical (unpaired) electrons. The number of benzene rings is 1. The standard InChI is InChI=1S/C10H7F3O/c11-8-6-10(13)9(12)5-7(8)3-1-2-4-14/h1,3-6H,2H2. The molecule has 0 bridgehead atoms. The summed E-state index contributed by atoms with van der Waals surface area (Å²) in [4.78, 5) is 9.92. The molecule has 14 heavy (non-hydrogen) atoms. The van der Waals surface area contributed by atoms with E-state index in [9.17, 15) is 18.0 Å². The van der Waals surface area contributed by atoms with E-state index in [0.29, 0.717) is 12.4 Å². The Morgan fingerprint density at radius 3 is 2.36 bits per heavy atom. The molecule has 0 saturated heterocycles. The third-order valence-electron chi connectivity index (χ3n) is 1.57. The first-order chi connectivity index (χ1) is 6.65. The lowest BCUT2D eigenvalue weighted by atomic mass is 10.2. The molecule has 4 heteroatoms. The SMILES string of the molecule is O=CCC=Cc1cc(F)c(F)cc1F. The Morgan fingerprint density at radius 2 is 1.71 bits per heavy atom. The minimum atomic E-state index is -1.23. The van der Waals surface area contributed by atoms with Gasteiger partial charge in [0, 0.05) is 18.1 Å². The van der Waals surface area contributed by atoms with E-state index in [4.69, 9.17) is 0 Å². The van der Waals surface area contributed by atoms with Crippen molar-refractivity contribution >= 4 is 12.4 Å². The van der Waals surface area contributed by atoms with Gasteiger partial charge in [-0.25, -0.2) is 13.2 Å². The molecule has 0 amide bonds. The number of hydrogen-bond donors (Lipinski definition) is 0. The summed E-state index contributed by atoms with van der Waals surface area (Å²) in [6.45, 7) is 0. The molecule has 0 aliphatic heterocycles. The molecule has 0 heterocycles. The van der Waals surface area contributed by atoms with E-state index in [2.05, 4.69) is 0 Å². The highest BCUT2D eigenvalue weighted by Crippen LogP contribution is 2.14. The number of carbonyl (C=O) groups is 1. The molecule has 0 atom stereocenters. The molecule has 1 aromatic carbocycles. The van der Waals surface area contributed by atoms with Gasteiger partial charge in [-0.05, 0) is 6.07 Å². The Bertz CT molecular complexity index is 372. The summed E-state index contributed by atoms with van der Waals surface area (Å²) in [5.74, 6) is -3.20. The van der Waals surface area contributed by atoms with Crippen molar-refractivity contribution in [3.8, 4) is 0 Å². The maximum absolute atomic E-state index is 12.9. The summed E-state index contributed by atoms with van der Waals surface area (Å²) in [6.07, 6.45) is 3.32. The van der Waals surface area contributed by atoms with Gasteiger partial charge in [0.15, 0.2) is 11.6 Å². The fourth-order valence-electron chi connectivity index (χ4n) is 0.916. The monoisotopic (exact) mass is 200 g/mol. The van der Waals surface area contributed by atoms with E-state index in [-0.39, 0.29) is 12.0 Å². The number of allylic oxidation sites excluding steroid dienone is 1. The number of aldehydes is 1. The van der Waals surface area contributed by atoms with Crippen LogP contribution in [0.2, 0.25) is 0 Å². The number of rotatable bonds is 3. The molecule has 0 unspecified atom stereocenters. The van der Waals surface area contributed by atoms with Crippen molar-refractivity contribution in [2.75, 3.05) is 0 Å². The van der Waals surface area contributed by atoms with E-state index < -0.39 is 17.5 Å². The van der Waals surface area contributed by atoms with E-state index in [0.717, 1.165) is 6.07 Å². The molecular formula is C10H7F3O. The first-order valence-electron chi connectivity index (χ1n) is 3.90. The van der Waals surface area contributed by atoms with E-state index >= 15 is 0 Å². The lowest BCUT2D eigenvalue weighted by Gasteiger charge is -1.97. The van der Waals surface area contributed by atoms with Crippen LogP contribution in [0.5, 0.6) is 0 Å². The van der Waals surface area contributed by atoms with Crippen LogP contribution in [0.3, 0.4) is 0 Å². The Kier molecular flexibility index (Phi) is 3.45. The Labute approximate surface area is 78.9 Å². The quantitative estimate of drug-likeness (QED) is 0.541. The average molecular weight is 200 g/mol. The van der Waals surface area contributed by atoms with E-state index in [1.807, 2.05) is 0 Å². The lowest BCUT2D eigenvalue weighted by molar-refractivity contribution is -0.107. The molecule has 1 aromatic rings. The lowest BCUT2D eigenvalue weighted by Crippen LogP contribution is -1.90. The summed E-state index contributed by atoms with van der Waals surface area (Å²) < 4.78 is 38.0. The van der Waals surface area contributed by atoms with Gasteiger partial charge in [-0.1, -0.05) is 12.2 Å². The average Bonchev–Trinajstić information content (AvgIpc) is 2.14. The molecule has 0 N–H and O–H groups in total. The summed E-state index contributed by atoms with van der Waals surface area (Å²) in [6, 6.07) is 1.21. The van der Waals surface area contributed by atoms with Crippen LogP contribution in [-0.2, 0) is 4.79 Å². The van der Waals surface area contributed by atoms with Crippen LogP contribution in [0.4, 0.5) is 13.2 Å². The minimum Gasteiger partial charge on any atom is -0.303 e. The zero-order valence-electron chi connectivity index (χ0n) is 7.14. The fraction of sp³-hybridized carbons (Fsp3) is 0.100. The van der Waals surface area contributed by atoms with Crippen LogP contribution in [-0.4, -0.2) is 6.29 Å². The predicted molar refractivity (Wildman–Crippen MR) is 46.0 cm³/mol. The Morgan fingerprint density at radius 1 is 1.07 bits per heavy atom. The Hall–Kier alpha value is -1.58. The van der Waals surface area contributed by atoms with Gasteiger partial charge >= 0.3 is 0 Å². The smallest absolute Gasteiger partial charge is 0.161 e. The van der Waals surface area contributed by atoms with Gasteiger partial charge in [-0.3, -0.25) is 0 Å². The molecule has 74 valence electrons.